The maximum absolute atomic E-state index is 5.42. The summed E-state index contributed by atoms with van der Waals surface area (Å²) in [5.74, 6) is 0. The lowest BCUT2D eigenvalue weighted by atomic mass is 10.0. The average molecular weight is 249 g/mol. The highest BCUT2D eigenvalue weighted by molar-refractivity contribution is 5.27. The minimum absolute atomic E-state index is 0.708. The van der Waals surface area contributed by atoms with Crippen molar-refractivity contribution >= 4 is 0 Å². The van der Waals surface area contributed by atoms with Crippen molar-refractivity contribution < 1.29 is 0 Å². The molecule has 102 valence electrons. The van der Waals surface area contributed by atoms with E-state index in [9.17, 15) is 0 Å². The Morgan fingerprint density at radius 2 is 1.72 bits per heavy atom. The summed E-state index contributed by atoms with van der Waals surface area (Å²) in [7, 11) is 0. The van der Waals surface area contributed by atoms with E-state index >= 15 is 0 Å². The molecule has 0 aliphatic heterocycles. The van der Waals surface area contributed by atoms with Gasteiger partial charge in [-0.2, -0.15) is 0 Å². The van der Waals surface area contributed by atoms with Gasteiger partial charge in [0.05, 0.1) is 0 Å². The number of hydrogen-bond acceptors (Lipinski definition) is 3. The molecule has 1 aromatic rings. The van der Waals surface area contributed by atoms with Crippen LogP contribution in [0, 0.1) is 0 Å². The van der Waals surface area contributed by atoms with Gasteiger partial charge in [-0.15, -0.1) is 0 Å². The summed E-state index contributed by atoms with van der Waals surface area (Å²) in [6.07, 6.45) is 3.72. The van der Waals surface area contributed by atoms with Crippen LogP contribution in [0.4, 0.5) is 0 Å². The van der Waals surface area contributed by atoms with Gasteiger partial charge in [0.15, 0.2) is 0 Å². The molecule has 0 unspecified atom stereocenters. The van der Waals surface area contributed by atoms with E-state index in [0.29, 0.717) is 6.54 Å². The molecule has 0 fully saturated rings. The quantitative estimate of drug-likeness (QED) is 0.553. The number of nitrogens with one attached hydrogen (secondary N) is 2. The second kappa shape index (κ2) is 10.1. The summed E-state index contributed by atoms with van der Waals surface area (Å²) in [6.45, 7) is 6.78. The second-order valence-electron chi connectivity index (χ2n) is 4.59. The molecule has 0 heterocycles. The Balaban J connectivity index is 2.27. The first-order chi connectivity index (χ1) is 8.88. The number of unbranched alkanes of at least 4 members (excludes halogenated alkanes) is 1. The Morgan fingerprint density at radius 1 is 1.00 bits per heavy atom. The van der Waals surface area contributed by atoms with Crippen molar-refractivity contribution in [3.8, 4) is 0 Å². The predicted molar refractivity (Wildman–Crippen MR) is 78.7 cm³/mol. The van der Waals surface area contributed by atoms with Crippen molar-refractivity contribution in [1.29, 1.82) is 0 Å². The van der Waals surface area contributed by atoms with E-state index in [1.807, 2.05) is 0 Å². The van der Waals surface area contributed by atoms with Gasteiger partial charge < -0.3 is 16.4 Å². The van der Waals surface area contributed by atoms with Crippen LogP contribution in [0.5, 0.6) is 0 Å². The third kappa shape index (κ3) is 6.15. The molecule has 3 nitrogen and oxygen atoms in total. The fraction of sp³-hybridized carbons (Fsp3) is 0.600. The molecule has 0 aromatic heterocycles. The molecule has 0 saturated heterocycles. The number of nitrogens with two attached hydrogens (primary N) is 1. The lowest BCUT2D eigenvalue weighted by Crippen LogP contribution is -2.30. The molecule has 0 aliphatic rings. The Hall–Kier alpha value is -0.900. The molecule has 0 amide bonds. The van der Waals surface area contributed by atoms with E-state index in [-0.39, 0.29) is 0 Å². The van der Waals surface area contributed by atoms with Gasteiger partial charge in [0.2, 0.25) is 0 Å². The number of hydrogen-bond donors (Lipinski definition) is 3. The van der Waals surface area contributed by atoms with Crippen LogP contribution in [-0.4, -0.2) is 26.2 Å². The van der Waals surface area contributed by atoms with Crippen molar-refractivity contribution in [3.05, 3.63) is 35.4 Å². The van der Waals surface area contributed by atoms with Gasteiger partial charge in [0.1, 0.15) is 0 Å². The third-order valence-corrected chi connectivity index (χ3v) is 3.03. The van der Waals surface area contributed by atoms with Crippen molar-refractivity contribution in [2.75, 3.05) is 26.2 Å². The largest absolute Gasteiger partial charge is 0.329 e. The third-order valence-electron chi connectivity index (χ3n) is 3.03. The van der Waals surface area contributed by atoms with Crippen LogP contribution in [-0.2, 0) is 13.0 Å². The molecule has 0 bridgehead atoms. The molecule has 3 heteroatoms. The fourth-order valence-corrected chi connectivity index (χ4v) is 1.97. The highest BCUT2D eigenvalue weighted by Gasteiger charge is 2.00. The summed E-state index contributed by atoms with van der Waals surface area (Å²) in [6, 6.07) is 8.74. The van der Waals surface area contributed by atoms with Gasteiger partial charge in [-0.3, -0.25) is 0 Å². The smallest absolute Gasteiger partial charge is 0.0208 e. The molecule has 0 saturated carbocycles. The maximum Gasteiger partial charge on any atom is 0.0208 e. The van der Waals surface area contributed by atoms with Gasteiger partial charge in [0.25, 0.3) is 0 Å². The SMILES string of the molecule is CCCCc1ccccc1CNCCNCCN. The fourth-order valence-electron chi connectivity index (χ4n) is 1.97. The van der Waals surface area contributed by atoms with Crippen LogP contribution in [0.3, 0.4) is 0 Å². The van der Waals surface area contributed by atoms with Gasteiger partial charge in [-0.1, -0.05) is 37.6 Å². The normalized spacial score (nSPS) is 10.8. The second-order valence-corrected chi connectivity index (χ2v) is 4.59. The van der Waals surface area contributed by atoms with Gasteiger partial charge in [-0.25, -0.2) is 0 Å². The molecular formula is C15H27N3. The molecule has 4 N–H and O–H groups in total. The Labute approximate surface area is 111 Å². The van der Waals surface area contributed by atoms with Crippen LogP contribution in [0.15, 0.2) is 24.3 Å². The Morgan fingerprint density at radius 3 is 2.44 bits per heavy atom. The molecule has 0 aliphatic carbocycles. The predicted octanol–water partition coefficient (Wildman–Crippen LogP) is 1.67. The van der Waals surface area contributed by atoms with E-state index in [0.717, 1.165) is 26.2 Å². The van der Waals surface area contributed by atoms with Crippen LogP contribution in [0.1, 0.15) is 30.9 Å². The van der Waals surface area contributed by atoms with Crippen LogP contribution in [0.25, 0.3) is 0 Å². The summed E-state index contributed by atoms with van der Waals surface area (Å²) < 4.78 is 0. The first-order valence-corrected chi connectivity index (χ1v) is 7.06. The molecular weight excluding hydrogens is 222 g/mol. The standard InChI is InChI=1S/C15H27N3/c1-2-3-6-14-7-4-5-8-15(14)13-18-12-11-17-10-9-16/h4-5,7-8,17-18H,2-3,6,9-13,16H2,1H3. The summed E-state index contributed by atoms with van der Waals surface area (Å²) in [4.78, 5) is 0. The van der Waals surface area contributed by atoms with Crippen molar-refractivity contribution in [1.82, 2.24) is 10.6 Å². The monoisotopic (exact) mass is 249 g/mol. The number of benzene rings is 1. The molecule has 0 atom stereocenters. The van der Waals surface area contributed by atoms with E-state index in [2.05, 4.69) is 41.8 Å². The molecule has 1 aromatic carbocycles. The number of aryl methyl sites for hydroxylation is 1. The minimum atomic E-state index is 0.708. The average Bonchev–Trinajstić information content (AvgIpc) is 2.41. The van der Waals surface area contributed by atoms with Gasteiger partial charge in [-0.05, 0) is 24.0 Å². The van der Waals surface area contributed by atoms with Gasteiger partial charge in [0, 0.05) is 32.7 Å². The van der Waals surface area contributed by atoms with Crippen LogP contribution in [0.2, 0.25) is 0 Å². The zero-order valence-corrected chi connectivity index (χ0v) is 11.5. The van der Waals surface area contributed by atoms with Gasteiger partial charge >= 0.3 is 0 Å². The zero-order chi connectivity index (χ0) is 13.1. The van der Waals surface area contributed by atoms with Crippen molar-refractivity contribution in [2.45, 2.75) is 32.7 Å². The van der Waals surface area contributed by atoms with E-state index < -0.39 is 0 Å². The first-order valence-electron chi connectivity index (χ1n) is 7.06. The molecule has 18 heavy (non-hydrogen) atoms. The van der Waals surface area contributed by atoms with Crippen molar-refractivity contribution in [2.24, 2.45) is 5.73 Å². The maximum atomic E-state index is 5.42. The van der Waals surface area contributed by atoms with Crippen LogP contribution < -0.4 is 16.4 Å². The van der Waals surface area contributed by atoms with E-state index in [1.54, 1.807) is 0 Å². The topological polar surface area (TPSA) is 50.1 Å². The van der Waals surface area contributed by atoms with E-state index in [4.69, 9.17) is 5.73 Å². The Bertz CT molecular complexity index is 312. The minimum Gasteiger partial charge on any atom is -0.329 e. The molecule has 1 rings (SSSR count). The lowest BCUT2D eigenvalue weighted by Gasteiger charge is -2.10. The van der Waals surface area contributed by atoms with Crippen LogP contribution >= 0.6 is 0 Å². The summed E-state index contributed by atoms with van der Waals surface area (Å²) in [5.41, 5.74) is 8.34. The zero-order valence-electron chi connectivity index (χ0n) is 11.5. The molecule has 0 spiro atoms. The first kappa shape index (κ1) is 15.2. The molecule has 0 radical (unpaired) electrons. The highest BCUT2D eigenvalue weighted by Crippen LogP contribution is 2.11. The van der Waals surface area contributed by atoms with Crippen molar-refractivity contribution in [3.63, 3.8) is 0 Å². The summed E-state index contributed by atoms with van der Waals surface area (Å²) >= 11 is 0. The van der Waals surface area contributed by atoms with E-state index in [1.165, 1.54) is 30.4 Å². The Kier molecular flexibility index (Phi) is 8.47. The summed E-state index contributed by atoms with van der Waals surface area (Å²) in [5, 5.41) is 6.76. The lowest BCUT2D eigenvalue weighted by molar-refractivity contribution is 0.612. The number of rotatable bonds is 10. The highest BCUT2D eigenvalue weighted by atomic mass is 14.9.